The minimum Gasteiger partial charge on any atom is -0.328 e. The third-order valence-corrected chi connectivity index (χ3v) is 3.08. The molecule has 2 unspecified atom stereocenters. The number of nitrogens with zero attached hydrogens (tertiary/aromatic N) is 1. The Morgan fingerprint density at radius 3 is 2.38 bits per heavy atom. The monoisotopic (exact) mass is 225 g/mol. The molecule has 2 aliphatic rings. The summed E-state index contributed by atoms with van der Waals surface area (Å²) in [7, 11) is 0. The molecule has 2 fully saturated rings. The number of hydrogen-bond acceptors (Lipinski definition) is 4. The normalized spacial score (nSPS) is 30.4. The van der Waals surface area contributed by atoms with Gasteiger partial charge in [-0.1, -0.05) is 0 Å². The van der Waals surface area contributed by atoms with Crippen LogP contribution in [0.5, 0.6) is 0 Å². The maximum atomic E-state index is 12.0. The summed E-state index contributed by atoms with van der Waals surface area (Å²) in [4.78, 5) is 35.5. The SMILES string of the molecule is NC1CCC(C(=O)N2CC(=O)NC(=O)C2)C1. The van der Waals surface area contributed by atoms with Crippen LogP contribution in [-0.4, -0.2) is 41.8 Å². The van der Waals surface area contributed by atoms with E-state index in [0.29, 0.717) is 6.42 Å². The molecule has 1 aliphatic heterocycles. The summed E-state index contributed by atoms with van der Waals surface area (Å²) in [5.74, 6) is -1.05. The van der Waals surface area contributed by atoms with Crippen LogP contribution in [0.3, 0.4) is 0 Å². The Bertz CT molecular complexity index is 326. The molecule has 0 radical (unpaired) electrons. The molecular formula is C10H15N3O3. The van der Waals surface area contributed by atoms with E-state index in [4.69, 9.17) is 5.73 Å². The lowest BCUT2D eigenvalue weighted by atomic mass is 10.1. The van der Waals surface area contributed by atoms with Gasteiger partial charge in [0.05, 0.1) is 0 Å². The van der Waals surface area contributed by atoms with Gasteiger partial charge in [0.2, 0.25) is 17.7 Å². The summed E-state index contributed by atoms with van der Waals surface area (Å²) in [6, 6.07) is 0.0725. The van der Waals surface area contributed by atoms with Crippen LogP contribution in [0.15, 0.2) is 0 Å². The van der Waals surface area contributed by atoms with Crippen LogP contribution in [0, 0.1) is 5.92 Å². The van der Waals surface area contributed by atoms with E-state index in [9.17, 15) is 14.4 Å². The molecule has 1 heterocycles. The molecule has 0 aromatic carbocycles. The first kappa shape index (κ1) is 11.1. The van der Waals surface area contributed by atoms with Gasteiger partial charge in [0.1, 0.15) is 13.1 Å². The van der Waals surface area contributed by atoms with Crippen LogP contribution in [-0.2, 0) is 14.4 Å². The summed E-state index contributed by atoms with van der Waals surface area (Å²) in [6.07, 6.45) is 2.25. The third-order valence-electron chi connectivity index (χ3n) is 3.08. The zero-order valence-electron chi connectivity index (χ0n) is 8.94. The third kappa shape index (κ3) is 2.21. The van der Waals surface area contributed by atoms with Crippen LogP contribution in [0.2, 0.25) is 0 Å². The number of piperazine rings is 1. The predicted molar refractivity (Wildman–Crippen MR) is 55.0 cm³/mol. The van der Waals surface area contributed by atoms with Gasteiger partial charge in [-0.05, 0) is 19.3 Å². The number of imide groups is 1. The highest BCUT2D eigenvalue weighted by atomic mass is 16.2. The van der Waals surface area contributed by atoms with E-state index in [2.05, 4.69) is 5.32 Å². The Labute approximate surface area is 93.1 Å². The highest BCUT2D eigenvalue weighted by molar-refractivity contribution is 6.02. The summed E-state index contributed by atoms with van der Waals surface area (Å²) < 4.78 is 0. The zero-order valence-corrected chi connectivity index (χ0v) is 8.94. The van der Waals surface area contributed by atoms with E-state index in [-0.39, 0.29) is 31.0 Å². The van der Waals surface area contributed by atoms with Crippen LogP contribution >= 0.6 is 0 Å². The number of nitrogens with two attached hydrogens (primary N) is 1. The van der Waals surface area contributed by atoms with Crippen LogP contribution < -0.4 is 11.1 Å². The van der Waals surface area contributed by atoms with Crippen molar-refractivity contribution in [3.05, 3.63) is 0 Å². The van der Waals surface area contributed by atoms with Crippen molar-refractivity contribution < 1.29 is 14.4 Å². The fourth-order valence-electron chi connectivity index (χ4n) is 2.29. The Morgan fingerprint density at radius 1 is 1.25 bits per heavy atom. The summed E-state index contributed by atoms with van der Waals surface area (Å²) in [5.41, 5.74) is 5.73. The second kappa shape index (κ2) is 4.21. The quantitative estimate of drug-likeness (QED) is 0.537. The summed E-state index contributed by atoms with van der Waals surface area (Å²) in [5, 5.41) is 2.17. The van der Waals surface area contributed by atoms with Gasteiger partial charge in [-0.3, -0.25) is 19.7 Å². The minimum atomic E-state index is -0.410. The van der Waals surface area contributed by atoms with Gasteiger partial charge in [0.25, 0.3) is 0 Å². The second-order valence-corrected chi connectivity index (χ2v) is 4.44. The van der Waals surface area contributed by atoms with Crippen molar-refractivity contribution in [2.45, 2.75) is 25.3 Å². The molecule has 0 aromatic rings. The highest BCUT2D eigenvalue weighted by Gasteiger charge is 2.34. The van der Waals surface area contributed by atoms with Crippen molar-refractivity contribution in [1.29, 1.82) is 0 Å². The molecule has 88 valence electrons. The molecule has 6 heteroatoms. The Morgan fingerprint density at radius 2 is 1.88 bits per heavy atom. The van der Waals surface area contributed by atoms with Gasteiger partial charge in [0, 0.05) is 12.0 Å². The van der Waals surface area contributed by atoms with Crippen molar-refractivity contribution in [2.75, 3.05) is 13.1 Å². The lowest BCUT2D eigenvalue weighted by molar-refractivity contribution is -0.147. The van der Waals surface area contributed by atoms with Gasteiger partial charge in [-0.15, -0.1) is 0 Å². The molecule has 0 bridgehead atoms. The summed E-state index contributed by atoms with van der Waals surface area (Å²) >= 11 is 0. The largest absolute Gasteiger partial charge is 0.328 e. The fraction of sp³-hybridized carbons (Fsp3) is 0.700. The van der Waals surface area contributed by atoms with E-state index < -0.39 is 11.8 Å². The van der Waals surface area contributed by atoms with E-state index in [1.54, 1.807) is 0 Å². The Kier molecular flexibility index (Phi) is 2.91. The average Bonchev–Trinajstić information content (AvgIpc) is 2.62. The maximum Gasteiger partial charge on any atom is 0.246 e. The van der Waals surface area contributed by atoms with E-state index >= 15 is 0 Å². The number of carbonyl (C=O) groups excluding carboxylic acids is 3. The number of amides is 3. The van der Waals surface area contributed by atoms with Crippen LogP contribution in [0.25, 0.3) is 0 Å². The van der Waals surface area contributed by atoms with Crippen LogP contribution in [0.1, 0.15) is 19.3 Å². The smallest absolute Gasteiger partial charge is 0.246 e. The standard InChI is InChI=1S/C10H15N3O3/c11-7-2-1-6(3-7)10(16)13-4-8(14)12-9(15)5-13/h6-7H,1-5,11H2,(H,12,14,15). The molecule has 1 aliphatic carbocycles. The maximum absolute atomic E-state index is 12.0. The number of nitrogens with one attached hydrogen (secondary N) is 1. The minimum absolute atomic E-state index is 0.0175. The molecule has 0 aromatic heterocycles. The van der Waals surface area contributed by atoms with Crippen molar-refractivity contribution in [3.63, 3.8) is 0 Å². The topological polar surface area (TPSA) is 92.5 Å². The first-order chi connectivity index (χ1) is 7.56. The van der Waals surface area contributed by atoms with Gasteiger partial charge >= 0.3 is 0 Å². The Hall–Kier alpha value is -1.43. The molecule has 6 nitrogen and oxygen atoms in total. The van der Waals surface area contributed by atoms with Crippen molar-refractivity contribution in [1.82, 2.24) is 10.2 Å². The molecular weight excluding hydrogens is 210 g/mol. The molecule has 2 atom stereocenters. The zero-order chi connectivity index (χ0) is 11.7. The number of carbonyl (C=O) groups is 3. The molecule has 1 saturated heterocycles. The van der Waals surface area contributed by atoms with E-state index in [1.807, 2.05) is 0 Å². The first-order valence-electron chi connectivity index (χ1n) is 5.43. The molecule has 2 rings (SSSR count). The van der Waals surface area contributed by atoms with Gasteiger partial charge in [-0.25, -0.2) is 0 Å². The van der Waals surface area contributed by atoms with Gasteiger partial charge in [0.15, 0.2) is 0 Å². The highest BCUT2D eigenvalue weighted by Crippen LogP contribution is 2.26. The first-order valence-corrected chi connectivity index (χ1v) is 5.43. The van der Waals surface area contributed by atoms with Gasteiger partial charge in [-0.2, -0.15) is 0 Å². The summed E-state index contributed by atoms with van der Waals surface area (Å²) in [6.45, 7) is -0.0351. The van der Waals surface area contributed by atoms with Crippen molar-refractivity contribution in [3.8, 4) is 0 Å². The van der Waals surface area contributed by atoms with Crippen molar-refractivity contribution in [2.24, 2.45) is 11.7 Å². The lowest BCUT2D eigenvalue weighted by Gasteiger charge is -2.27. The fourth-order valence-corrected chi connectivity index (χ4v) is 2.29. The molecule has 3 amide bonds. The molecule has 0 spiro atoms. The average molecular weight is 225 g/mol. The van der Waals surface area contributed by atoms with Crippen molar-refractivity contribution >= 4 is 17.7 Å². The number of hydrogen-bond donors (Lipinski definition) is 2. The molecule has 16 heavy (non-hydrogen) atoms. The number of rotatable bonds is 1. The van der Waals surface area contributed by atoms with Gasteiger partial charge < -0.3 is 10.6 Å². The Balaban J connectivity index is 1.98. The molecule has 3 N–H and O–H groups in total. The second-order valence-electron chi connectivity index (χ2n) is 4.44. The predicted octanol–water partition coefficient (Wildman–Crippen LogP) is -1.40. The van der Waals surface area contributed by atoms with E-state index in [0.717, 1.165) is 12.8 Å². The van der Waals surface area contributed by atoms with Crippen LogP contribution in [0.4, 0.5) is 0 Å². The lowest BCUT2D eigenvalue weighted by Crippen LogP contribution is -2.54. The van der Waals surface area contributed by atoms with E-state index in [1.165, 1.54) is 4.90 Å². The molecule has 1 saturated carbocycles.